The molecule has 0 aromatic heterocycles. The Kier molecular flexibility index (Phi) is 22.1. The third-order valence-corrected chi connectivity index (χ3v) is 5.54. The Balaban J connectivity index is 0. The van der Waals surface area contributed by atoms with Crippen molar-refractivity contribution >= 4 is 16.0 Å². The summed E-state index contributed by atoms with van der Waals surface area (Å²) in [5, 5.41) is 0. The SMILES string of the molecule is CCCCCCCCCCCCC/C=C/C(=O)N(C)CCCCS(=O)(=O)[O-].[Na+]. The molecule has 0 aliphatic rings. The van der Waals surface area contributed by atoms with Crippen molar-refractivity contribution in [1.82, 2.24) is 4.90 Å². The maximum Gasteiger partial charge on any atom is 1.00 e. The minimum absolute atomic E-state index is 0. The number of amides is 1. The first-order valence-electron chi connectivity index (χ1n) is 10.7. The van der Waals surface area contributed by atoms with Gasteiger partial charge in [-0.25, -0.2) is 8.42 Å². The van der Waals surface area contributed by atoms with Gasteiger partial charge in [-0.2, -0.15) is 0 Å². The van der Waals surface area contributed by atoms with Crippen LogP contribution in [-0.2, 0) is 14.9 Å². The molecule has 160 valence electrons. The normalized spacial score (nSPS) is 11.5. The summed E-state index contributed by atoms with van der Waals surface area (Å²) in [6.07, 6.45) is 19.7. The molecule has 0 unspecified atom stereocenters. The van der Waals surface area contributed by atoms with Crippen LogP contribution in [0.15, 0.2) is 12.2 Å². The van der Waals surface area contributed by atoms with Crippen LogP contribution < -0.4 is 29.6 Å². The number of hydrogen-bond donors (Lipinski definition) is 0. The number of rotatable bonds is 18. The van der Waals surface area contributed by atoms with Crippen molar-refractivity contribution in [1.29, 1.82) is 0 Å². The molecule has 0 bridgehead atoms. The van der Waals surface area contributed by atoms with Crippen molar-refractivity contribution in [3.8, 4) is 0 Å². The average molecular weight is 426 g/mol. The van der Waals surface area contributed by atoms with Crippen LogP contribution in [0.5, 0.6) is 0 Å². The summed E-state index contributed by atoms with van der Waals surface area (Å²) < 4.78 is 31.5. The van der Waals surface area contributed by atoms with E-state index in [4.69, 9.17) is 0 Å². The molecular formula is C21H40NNaO4S. The summed E-state index contributed by atoms with van der Waals surface area (Å²) in [5.74, 6) is -0.424. The summed E-state index contributed by atoms with van der Waals surface area (Å²) in [6, 6.07) is 0. The summed E-state index contributed by atoms with van der Waals surface area (Å²) in [6.45, 7) is 2.72. The molecule has 0 saturated carbocycles. The largest absolute Gasteiger partial charge is 1.00 e. The first-order valence-corrected chi connectivity index (χ1v) is 12.3. The summed E-state index contributed by atoms with van der Waals surface area (Å²) in [4.78, 5) is 13.5. The van der Waals surface area contributed by atoms with Gasteiger partial charge >= 0.3 is 29.6 Å². The number of hydrogen-bond acceptors (Lipinski definition) is 4. The van der Waals surface area contributed by atoms with Crippen molar-refractivity contribution < 1.29 is 47.3 Å². The molecule has 0 atom stereocenters. The van der Waals surface area contributed by atoms with Crippen molar-refractivity contribution in [2.45, 2.75) is 96.8 Å². The molecule has 0 saturated heterocycles. The Morgan fingerprint density at radius 3 is 1.86 bits per heavy atom. The zero-order valence-electron chi connectivity index (χ0n) is 18.5. The second-order valence-electron chi connectivity index (χ2n) is 7.46. The van der Waals surface area contributed by atoms with Crippen LogP contribution in [0.3, 0.4) is 0 Å². The number of allylic oxidation sites excluding steroid dienone is 1. The van der Waals surface area contributed by atoms with Gasteiger partial charge in [0.15, 0.2) is 0 Å². The number of unbranched alkanes of at least 4 members (excludes halogenated alkanes) is 12. The van der Waals surface area contributed by atoms with E-state index in [2.05, 4.69) is 6.92 Å². The predicted octanol–water partition coefficient (Wildman–Crippen LogP) is 2.03. The monoisotopic (exact) mass is 425 g/mol. The molecule has 0 aromatic rings. The fourth-order valence-corrected chi connectivity index (χ4v) is 3.53. The zero-order chi connectivity index (χ0) is 20.4. The van der Waals surface area contributed by atoms with Gasteiger partial charge in [0.1, 0.15) is 0 Å². The van der Waals surface area contributed by atoms with Gasteiger partial charge < -0.3 is 9.45 Å². The predicted molar refractivity (Wildman–Crippen MR) is 112 cm³/mol. The van der Waals surface area contributed by atoms with E-state index in [0.717, 1.165) is 12.8 Å². The smallest absolute Gasteiger partial charge is 0.748 e. The van der Waals surface area contributed by atoms with Gasteiger partial charge in [0.25, 0.3) is 0 Å². The fourth-order valence-electron chi connectivity index (χ4n) is 2.98. The molecule has 0 aliphatic heterocycles. The Morgan fingerprint density at radius 1 is 0.857 bits per heavy atom. The van der Waals surface area contributed by atoms with E-state index in [1.807, 2.05) is 6.08 Å². The topological polar surface area (TPSA) is 77.5 Å². The minimum atomic E-state index is -4.15. The van der Waals surface area contributed by atoms with Crippen molar-refractivity contribution in [2.24, 2.45) is 0 Å². The molecule has 0 heterocycles. The average Bonchev–Trinajstić information content (AvgIpc) is 2.61. The van der Waals surface area contributed by atoms with E-state index >= 15 is 0 Å². The second-order valence-corrected chi connectivity index (χ2v) is 8.98. The quantitative estimate of drug-likeness (QED) is 0.146. The molecule has 0 fully saturated rings. The summed E-state index contributed by atoms with van der Waals surface area (Å²) >= 11 is 0. The second kappa shape index (κ2) is 20.4. The fraction of sp³-hybridized carbons (Fsp3) is 0.857. The van der Waals surface area contributed by atoms with Crippen LogP contribution in [0, 0.1) is 0 Å². The molecule has 0 rings (SSSR count). The van der Waals surface area contributed by atoms with Gasteiger partial charge in [0.05, 0.1) is 10.1 Å². The minimum Gasteiger partial charge on any atom is -0.748 e. The first kappa shape index (κ1) is 30.3. The van der Waals surface area contributed by atoms with E-state index < -0.39 is 10.1 Å². The van der Waals surface area contributed by atoms with E-state index in [9.17, 15) is 17.8 Å². The maximum atomic E-state index is 11.9. The number of carbonyl (C=O) groups is 1. The third kappa shape index (κ3) is 22.4. The van der Waals surface area contributed by atoms with Crippen LogP contribution in [0.2, 0.25) is 0 Å². The Bertz CT molecular complexity index is 495. The maximum absolute atomic E-state index is 11.9. The summed E-state index contributed by atoms with van der Waals surface area (Å²) in [5.41, 5.74) is 0. The molecule has 0 spiro atoms. The van der Waals surface area contributed by atoms with E-state index in [0.29, 0.717) is 19.4 Å². The van der Waals surface area contributed by atoms with Crippen LogP contribution >= 0.6 is 0 Å². The van der Waals surface area contributed by atoms with E-state index in [1.165, 1.54) is 64.2 Å². The van der Waals surface area contributed by atoms with Crippen molar-refractivity contribution in [2.75, 3.05) is 19.3 Å². The Morgan fingerprint density at radius 2 is 1.36 bits per heavy atom. The molecule has 7 heteroatoms. The van der Waals surface area contributed by atoms with Gasteiger partial charge in [-0.15, -0.1) is 0 Å². The molecule has 28 heavy (non-hydrogen) atoms. The van der Waals surface area contributed by atoms with Gasteiger partial charge in [0, 0.05) is 19.3 Å². The van der Waals surface area contributed by atoms with Gasteiger partial charge in [-0.1, -0.05) is 77.2 Å². The number of carbonyl (C=O) groups excluding carboxylic acids is 1. The van der Waals surface area contributed by atoms with Crippen LogP contribution in [0.1, 0.15) is 96.8 Å². The zero-order valence-corrected chi connectivity index (χ0v) is 21.3. The Hall–Kier alpha value is 0.120. The summed E-state index contributed by atoms with van der Waals surface area (Å²) in [7, 11) is -2.45. The van der Waals surface area contributed by atoms with Gasteiger partial charge in [-0.05, 0) is 31.8 Å². The number of nitrogens with zero attached hydrogens (tertiary/aromatic N) is 1. The molecule has 1 amide bonds. The van der Waals surface area contributed by atoms with Gasteiger partial charge in [0.2, 0.25) is 5.91 Å². The van der Waals surface area contributed by atoms with Crippen molar-refractivity contribution in [3.05, 3.63) is 12.2 Å². The Labute approximate surface area is 195 Å². The molecule has 0 radical (unpaired) electrons. The van der Waals surface area contributed by atoms with Gasteiger partial charge in [-0.3, -0.25) is 4.79 Å². The van der Waals surface area contributed by atoms with Crippen LogP contribution in [-0.4, -0.2) is 43.1 Å². The molecule has 0 aromatic carbocycles. The first-order chi connectivity index (χ1) is 12.9. The van der Waals surface area contributed by atoms with Crippen molar-refractivity contribution in [3.63, 3.8) is 0 Å². The molecule has 5 nitrogen and oxygen atoms in total. The van der Waals surface area contributed by atoms with Crippen LogP contribution in [0.25, 0.3) is 0 Å². The number of likely N-dealkylation sites (N-methyl/N-ethyl adjacent to an activating group) is 1. The standard InChI is InChI=1S/C21H41NO4S.Na/c1-3-4-5-6-7-8-9-10-11-12-13-14-15-18-21(23)22(2)19-16-17-20-27(24,25)26;/h15,18H,3-14,16-17,19-20H2,1-2H3,(H,24,25,26);/q;+1/p-1/b18-15+;. The van der Waals surface area contributed by atoms with Crippen LogP contribution in [0.4, 0.5) is 0 Å². The van der Waals surface area contributed by atoms with E-state index in [1.54, 1.807) is 18.0 Å². The molecule has 0 aliphatic carbocycles. The van der Waals surface area contributed by atoms with E-state index in [-0.39, 0.29) is 41.2 Å². The molecular weight excluding hydrogens is 385 g/mol. The third-order valence-electron chi connectivity index (χ3n) is 4.75. The molecule has 0 N–H and O–H groups in total.